The van der Waals surface area contributed by atoms with E-state index in [-0.39, 0.29) is 5.56 Å². The summed E-state index contributed by atoms with van der Waals surface area (Å²) in [6, 6.07) is 14.2. The average Bonchev–Trinajstić information content (AvgIpc) is 2.47. The number of halogens is 2. The average molecular weight is 363 g/mol. The molecule has 0 spiro atoms. The highest BCUT2D eigenvalue weighted by Gasteiger charge is 2.14. The van der Waals surface area contributed by atoms with Gasteiger partial charge < -0.3 is 5.11 Å². The maximum Gasteiger partial charge on any atom is 0.336 e. The number of hydrogen-bond donors (Lipinski definition) is 1. The van der Waals surface area contributed by atoms with Crippen molar-refractivity contribution in [3.8, 4) is 11.3 Å². The molecule has 0 aliphatic heterocycles. The van der Waals surface area contributed by atoms with E-state index in [1.165, 1.54) is 0 Å². The van der Waals surface area contributed by atoms with Crippen LogP contribution in [-0.4, -0.2) is 16.1 Å². The summed E-state index contributed by atoms with van der Waals surface area (Å²) in [6.07, 6.45) is 0. The van der Waals surface area contributed by atoms with Crippen molar-refractivity contribution >= 4 is 44.4 Å². The van der Waals surface area contributed by atoms with Crippen molar-refractivity contribution in [2.75, 3.05) is 0 Å². The van der Waals surface area contributed by atoms with E-state index in [9.17, 15) is 9.90 Å². The molecule has 0 bridgehead atoms. The number of aromatic carboxylic acids is 1. The Morgan fingerprint density at radius 2 is 1.86 bits per heavy atom. The minimum atomic E-state index is -0.997. The third kappa shape index (κ3) is 2.64. The number of para-hydroxylation sites is 1. The Bertz CT molecular complexity index is 847. The van der Waals surface area contributed by atoms with E-state index in [1.54, 1.807) is 24.3 Å². The lowest BCUT2D eigenvalue weighted by Gasteiger charge is -2.08. The van der Waals surface area contributed by atoms with Gasteiger partial charge in [-0.25, -0.2) is 9.78 Å². The largest absolute Gasteiger partial charge is 0.478 e. The molecule has 21 heavy (non-hydrogen) atoms. The summed E-state index contributed by atoms with van der Waals surface area (Å²) >= 11 is 9.53. The molecule has 104 valence electrons. The molecule has 1 N–H and O–H groups in total. The van der Waals surface area contributed by atoms with Gasteiger partial charge in [-0.05, 0) is 24.3 Å². The van der Waals surface area contributed by atoms with Crippen LogP contribution in [0.1, 0.15) is 10.4 Å². The first-order valence-corrected chi connectivity index (χ1v) is 7.32. The van der Waals surface area contributed by atoms with E-state index in [0.717, 1.165) is 10.0 Å². The third-order valence-corrected chi connectivity index (χ3v) is 3.99. The van der Waals surface area contributed by atoms with Crippen molar-refractivity contribution in [2.45, 2.75) is 0 Å². The van der Waals surface area contributed by atoms with Crippen LogP contribution < -0.4 is 0 Å². The van der Waals surface area contributed by atoms with E-state index < -0.39 is 5.97 Å². The first-order valence-electron chi connectivity index (χ1n) is 6.15. The molecule has 3 rings (SSSR count). The zero-order chi connectivity index (χ0) is 15.0. The molecule has 0 unspecified atom stereocenters. The molecule has 1 heterocycles. The Kier molecular flexibility index (Phi) is 3.66. The second-order valence-corrected chi connectivity index (χ2v) is 5.83. The lowest BCUT2D eigenvalue weighted by Crippen LogP contribution is -2.00. The molecule has 0 saturated heterocycles. The molecule has 0 aliphatic carbocycles. The number of rotatable bonds is 2. The van der Waals surface area contributed by atoms with E-state index >= 15 is 0 Å². The van der Waals surface area contributed by atoms with Crippen LogP contribution in [0.3, 0.4) is 0 Å². The van der Waals surface area contributed by atoms with Crippen molar-refractivity contribution in [1.82, 2.24) is 4.98 Å². The van der Waals surface area contributed by atoms with Gasteiger partial charge in [-0.15, -0.1) is 0 Å². The number of carboxylic acids is 1. The van der Waals surface area contributed by atoms with E-state index in [4.69, 9.17) is 11.6 Å². The minimum absolute atomic E-state index is 0.195. The fourth-order valence-corrected chi connectivity index (χ4v) is 2.64. The van der Waals surface area contributed by atoms with Gasteiger partial charge in [-0.3, -0.25) is 0 Å². The molecule has 1 aromatic heterocycles. The van der Waals surface area contributed by atoms with Crippen molar-refractivity contribution in [1.29, 1.82) is 0 Å². The molecule has 5 heteroatoms. The Morgan fingerprint density at radius 3 is 2.52 bits per heavy atom. The predicted octanol–water partition coefficient (Wildman–Crippen LogP) is 5.02. The number of aromatic nitrogens is 1. The quantitative estimate of drug-likeness (QED) is 0.696. The molecule has 2 aromatic carbocycles. The summed E-state index contributed by atoms with van der Waals surface area (Å²) in [7, 11) is 0. The van der Waals surface area contributed by atoms with Gasteiger partial charge in [0.2, 0.25) is 0 Å². The van der Waals surface area contributed by atoms with Crippen LogP contribution in [0.25, 0.3) is 22.2 Å². The molecule has 0 fully saturated rings. The Balaban J connectivity index is 2.32. The van der Waals surface area contributed by atoms with Gasteiger partial charge in [-0.2, -0.15) is 0 Å². The van der Waals surface area contributed by atoms with Crippen molar-refractivity contribution in [3.63, 3.8) is 0 Å². The van der Waals surface area contributed by atoms with Crippen LogP contribution in [0.5, 0.6) is 0 Å². The smallest absolute Gasteiger partial charge is 0.336 e. The van der Waals surface area contributed by atoms with Gasteiger partial charge in [0.25, 0.3) is 0 Å². The first kappa shape index (κ1) is 14.0. The van der Waals surface area contributed by atoms with Gasteiger partial charge >= 0.3 is 5.97 Å². The first-order chi connectivity index (χ1) is 10.1. The number of hydrogen-bond acceptors (Lipinski definition) is 2. The van der Waals surface area contributed by atoms with Gasteiger partial charge in [0, 0.05) is 15.4 Å². The summed E-state index contributed by atoms with van der Waals surface area (Å²) in [5.41, 5.74) is 2.11. The lowest BCUT2D eigenvalue weighted by atomic mass is 10.0. The summed E-state index contributed by atoms with van der Waals surface area (Å²) in [6.45, 7) is 0. The Morgan fingerprint density at radius 1 is 1.14 bits per heavy atom. The van der Waals surface area contributed by atoms with E-state index in [0.29, 0.717) is 21.6 Å². The molecule has 0 atom stereocenters. The standard InChI is InChI=1S/C16H9BrClNO2/c17-10-6-4-9(5-7-10)14-8-12(16(20)21)11-2-1-3-13(18)15(11)19-14/h1-8H,(H,20,21). The Labute approximate surface area is 134 Å². The van der Waals surface area contributed by atoms with Crippen molar-refractivity contribution < 1.29 is 9.90 Å². The molecule has 0 aliphatic rings. The number of nitrogens with zero attached hydrogens (tertiary/aromatic N) is 1. The number of carbonyl (C=O) groups is 1. The summed E-state index contributed by atoms with van der Waals surface area (Å²) < 4.78 is 0.948. The third-order valence-electron chi connectivity index (χ3n) is 3.16. The van der Waals surface area contributed by atoms with E-state index in [1.807, 2.05) is 24.3 Å². The number of benzene rings is 2. The predicted molar refractivity (Wildman–Crippen MR) is 86.8 cm³/mol. The highest BCUT2D eigenvalue weighted by atomic mass is 79.9. The zero-order valence-corrected chi connectivity index (χ0v) is 13.0. The van der Waals surface area contributed by atoms with Gasteiger partial charge in [0.05, 0.1) is 21.8 Å². The molecular weight excluding hydrogens is 354 g/mol. The van der Waals surface area contributed by atoms with Crippen LogP contribution in [-0.2, 0) is 0 Å². The van der Waals surface area contributed by atoms with Crippen LogP contribution in [0.4, 0.5) is 0 Å². The van der Waals surface area contributed by atoms with Crippen LogP contribution in [0, 0.1) is 0 Å². The normalized spacial score (nSPS) is 10.8. The highest BCUT2D eigenvalue weighted by Crippen LogP contribution is 2.29. The van der Waals surface area contributed by atoms with Gasteiger partial charge in [0.15, 0.2) is 0 Å². The topological polar surface area (TPSA) is 50.2 Å². The zero-order valence-electron chi connectivity index (χ0n) is 10.7. The summed E-state index contributed by atoms with van der Waals surface area (Å²) in [5.74, 6) is -0.997. The monoisotopic (exact) mass is 361 g/mol. The van der Waals surface area contributed by atoms with Crippen LogP contribution >= 0.6 is 27.5 Å². The van der Waals surface area contributed by atoms with Gasteiger partial charge in [-0.1, -0.05) is 51.8 Å². The molecule has 3 aromatic rings. The number of pyridine rings is 1. The van der Waals surface area contributed by atoms with Gasteiger partial charge in [0.1, 0.15) is 0 Å². The van der Waals surface area contributed by atoms with Crippen LogP contribution in [0.2, 0.25) is 5.02 Å². The maximum absolute atomic E-state index is 11.5. The molecule has 0 saturated carbocycles. The minimum Gasteiger partial charge on any atom is -0.478 e. The SMILES string of the molecule is O=C(O)c1cc(-c2ccc(Br)cc2)nc2c(Cl)cccc12. The van der Waals surface area contributed by atoms with E-state index in [2.05, 4.69) is 20.9 Å². The summed E-state index contributed by atoms with van der Waals surface area (Å²) in [4.78, 5) is 16.0. The second-order valence-electron chi connectivity index (χ2n) is 4.50. The number of fused-ring (bicyclic) bond motifs is 1. The molecular formula is C16H9BrClNO2. The summed E-state index contributed by atoms with van der Waals surface area (Å²) in [5, 5.41) is 10.4. The molecule has 0 radical (unpaired) electrons. The Hall–Kier alpha value is -1.91. The number of carboxylic acid groups (broad SMARTS) is 1. The fourth-order valence-electron chi connectivity index (χ4n) is 2.16. The fraction of sp³-hybridized carbons (Fsp3) is 0. The second kappa shape index (κ2) is 5.47. The van der Waals surface area contributed by atoms with Crippen LogP contribution in [0.15, 0.2) is 53.0 Å². The molecule has 0 amide bonds. The van der Waals surface area contributed by atoms with Crippen molar-refractivity contribution in [3.05, 3.63) is 63.6 Å². The maximum atomic E-state index is 11.5. The van der Waals surface area contributed by atoms with Crippen molar-refractivity contribution in [2.24, 2.45) is 0 Å². The molecule has 3 nitrogen and oxygen atoms in total. The lowest BCUT2D eigenvalue weighted by molar-refractivity contribution is 0.0699. The highest BCUT2D eigenvalue weighted by molar-refractivity contribution is 9.10.